The van der Waals surface area contributed by atoms with Crippen LogP contribution in [0.15, 0.2) is 102 Å². The molecule has 0 saturated carbocycles. The van der Waals surface area contributed by atoms with Gasteiger partial charge in [0.2, 0.25) is 35.4 Å². The van der Waals surface area contributed by atoms with Crippen molar-refractivity contribution in [3.05, 3.63) is 131 Å². The maximum Gasteiger partial charge on any atom is 0.508 e. The van der Waals surface area contributed by atoms with E-state index in [1.54, 1.807) is 60.9 Å². The van der Waals surface area contributed by atoms with Gasteiger partial charge in [-0.25, -0.2) is 40.6 Å². The first-order valence-electron chi connectivity index (χ1n) is 27.0. The highest BCUT2D eigenvalue weighted by atomic mass is 33.1. The van der Waals surface area contributed by atoms with Crippen molar-refractivity contribution in [3.63, 3.8) is 0 Å². The van der Waals surface area contributed by atoms with Gasteiger partial charge in [0, 0.05) is 116 Å². The molecule has 0 bridgehead atoms. The van der Waals surface area contributed by atoms with Crippen molar-refractivity contribution >= 4 is 89.9 Å². The van der Waals surface area contributed by atoms with Gasteiger partial charge in [-0.05, 0) is 76.7 Å². The Morgan fingerprint density at radius 3 is 2.51 bits per heavy atom. The van der Waals surface area contributed by atoms with E-state index in [9.17, 15) is 69.9 Å². The zero-order valence-corrected chi connectivity index (χ0v) is 49.0. The number of alkyl halides is 2. The number of carbonyl (C=O) groups excluding carboxylic acids is 6. The van der Waals surface area contributed by atoms with Gasteiger partial charge in [-0.3, -0.25) is 38.7 Å². The Hall–Kier alpha value is -9.08. The maximum atomic E-state index is 14.5. The standard InChI is InChI=1S/C58H54F4N10O13S3/c1-83-54-46(70-88(81,82)49-8-6-39(59)20-44(49)60)18-37(26-67-54)33-5-7-45-42(16-33)41(11-12-65-45)38-15-32(23-64-24-38)29-85-57(80)84-13-14-86-87-30-48(56(78)79)68-51(74)10-9-50(73)66-25-34-3-2-4-35-27-71(28-43(34)35)52(75)19-36-17-47(69-53(36)76)55(77)72-31-58(61,62)21-40(72)22-63/h2-8,11-12,15-16,18,20,23-24,26,36,40,47-48,70H,9-10,13-14,17,19,21,25,27-31H2,1H3,(H,66,73)(H,68,74)(H,69,76)(H,78,79)/t36?,40-,47?,48?/m0/s1. The van der Waals surface area contributed by atoms with Crippen LogP contribution in [0.1, 0.15) is 54.4 Å². The predicted octanol–water partition coefficient (Wildman–Crippen LogP) is 6.64. The van der Waals surface area contributed by atoms with Crippen LogP contribution in [0.5, 0.6) is 5.88 Å². The molecule has 5 amide bonds. The minimum Gasteiger partial charge on any atom is -0.480 e. The molecule has 2 fully saturated rings. The number of likely N-dealkylation sites (tertiary alicyclic amines) is 1. The van der Waals surface area contributed by atoms with Crippen LogP contribution >= 0.6 is 21.6 Å². The minimum atomic E-state index is -4.55. The van der Waals surface area contributed by atoms with Crippen LogP contribution in [0.2, 0.25) is 0 Å². The van der Waals surface area contributed by atoms with E-state index in [4.69, 9.17) is 14.2 Å². The largest absolute Gasteiger partial charge is 0.508 e. The number of nitrogens with zero attached hydrogens (tertiary/aromatic N) is 6. The molecule has 0 aliphatic carbocycles. The minimum absolute atomic E-state index is 0.0529. The summed E-state index contributed by atoms with van der Waals surface area (Å²) in [5, 5.41) is 27.4. The number of benzene rings is 3. The number of rotatable bonds is 24. The third-order valence-corrected chi connectivity index (χ3v) is 18.2. The molecule has 0 spiro atoms. The summed E-state index contributed by atoms with van der Waals surface area (Å²) >= 11 is 0. The van der Waals surface area contributed by atoms with Crippen molar-refractivity contribution in [1.82, 2.24) is 40.7 Å². The number of carbonyl (C=O) groups is 7. The lowest BCUT2D eigenvalue weighted by molar-refractivity contribution is -0.141. The van der Waals surface area contributed by atoms with Crippen molar-refractivity contribution in [3.8, 4) is 34.2 Å². The van der Waals surface area contributed by atoms with Crippen LogP contribution in [-0.4, -0.2) is 136 Å². The smallest absolute Gasteiger partial charge is 0.480 e. The molecular weight excluding hydrogens is 1220 g/mol. The van der Waals surface area contributed by atoms with Crippen LogP contribution in [0.3, 0.4) is 0 Å². The Kier molecular flexibility index (Phi) is 20.0. The number of pyridine rings is 3. The number of hydrogen-bond acceptors (Lipinski definition) is 18. The van der Waals surface area contributed by atoms with E-state index in [0.29, 0.717) is 50.4 Å². The van der Waals surface area contributed by atoms with Gasteiger partial charge in [0.25, 0.3) is 15.9 Å². The molecule has 3 aliphatic rings. The van der Waals surface area contributed by atoms with Gasteiger partial charge in [-0.2, -0.15) is 5.26 Å². The summed E-state index contributed by atoms with van der Waals surface area (Å²) in [6.07, 6.45) is 3.48. The third-order valence-electron chi connectivity index (χ3n) is 14.5. The molecule has 0 radical (unpaired) electrons. The molecule has 3 unspecified atom stereocenters. The summed E-state index contributed by atoms with van der Waals surface area (Å²) < 4.78 is 100. The number of fused-ring (bicyclic) bond motifs is 2. The van der Waals surface area contributed by atoms with Crippen molar-refractivity contribution in [2.75, 3.05) is 36.5 Å². The summed E-state index contributed by atoms with van der Waals surface area (Å²) in [4.78, 5) is 104. The molecule has 460 valence electrons. The molecule has 3 aromatic carbocycles. The highest BCUT2D eigenvalue weighted by Crippen LogP contribution is 2.37. The summed E-state index contributed by atoms with van der Waals surface area (Å²) in [6, 6.07) is 15.6. The normalized spacial score (nSPS) is 17.1. The van der Waals surface area contributed by atoms with Crippen molar-refractivity contribution < 1.29 is 78.9 Å². The van der Waals surface area contributed by atoms with E-state index >= 15 is 0 Å². The first-order chi connectivity index (χ1) is 42.1. The van der Waals surface area contributed by atoms with Crippen molar-refractivity contribution in [2.24, 2.45) is 5.92 Å². The van der Waals surface area contributed by atoms with Gasteiger partial charge < -0.3 is 45.1 Å². The molecular formula is C58H54F4N10O13S3. The van der Waals surface area contributed by atoms with Crippen molar-refractivity contribution in [1.29, 1.82) is 5.26 Å². The number of anilines is 1. The maximum absolute atomic E-state index is 14.5. The van der Waals surface area contributed by atoms with Gasteiger partial charge in [0.05, 0.1) is 25.2 Å². The van der Waals surface area contributed by atoms with Crippen LogP contribution < -0.4 is 25.4 Å². The third kappa shape index (κ3) is 15.5. The Bertz CT molecular complexity index is 3880. The highest BCUT2D eigenvalue weighted by molar-refractivity contribution is 8.76. The number of nitrogens with one attached hydrogen (secondary N) is 4. The molecule has 23 nitrogen and oxygen atoms in total. The number of ether oxygens (including phenoxy) is 3. The zero-order chi connectivity index (χ0) is 62.9. The zero-order valence-electron chi connectivity index (χ0n) is 46.5. The lowest BCUT2D eigenvalue weighted by atomic mass is 9.98. The molecule has 6 aromatic rings. The number of nitriles is 1. The van der Waals surface area contributed by atoms with Crippen LogP contribution in [0.25, 0.3) is 33.2 Å². The summed E-state index contributed by atoms with van der Waals surface area (Å²) in [5.41, 5.74) is 5.65. The molecule has 4 atom stereocenters. The van der Waals surface area contributed by atoms with Crippen LogP contribution in [0.4, 0.5) is 28.0 Å². The summed E-state index contributed by atoms with van der Waals surface area (Å²) in [6.45, 7) is -0.806. The van der Waals surface area contributed by atoms with Crippen LogP contribution in [0, 0.1) is 28.9 Å². The topological polar surface area (TPSA) is 319 Å². The van der Waals surface area contributed by atoms with Gasteiger partial charge in [-0.1, -0.05) is 45.9 Å². The summed E-state index contributed by atoms with van der Waals surface area (Å²) in [5.74, 6) is -10.5. The molecule has 5 N–H and O–H groups in total. The molecule has 3 aromatic heterocycles. The number of amides is 5. The number of halogens is 4. The van der Waals surface area contributed by atoms with E-state index in [2.05, 4.69) is 35.6 Å². The SMILES string of the molecule is COc1ncc(-c2ccc3nccc(-c4cncc(COC(=O)OCCSSCC(NC(=O)CCC(=O)NCc5cccc6c5CN(C(=O)CC5CC(C(=O)N7CC(F)(F)C[C@H]7C#N)NC5=O)C6)C(=O)O)c4)c3c2)cc1NS(=O)(=O)c1ccc(F)cc1F. The van der Waals surface area contributed by atoms with Gasteiger partial charge in [0.15, 0.2) is 0 Å². The highest BCUT2D eigenvalue weighted by Gasteiger charge is 2.50. The first-order valence-corrected chi connectivity index (χ1v) is 31.0. The number of carboxylic acids is 1. The second-order valence-electron chi connectivity index (χ2n) is 20.5. The van der Waals surface area contributed by atoms with E-state index in [1.165, 1.54) is 41.3 Å². The Morgan fingerprint density at radius 2 is 1.74 bits per heavy atom. The van der Waals surface area contributed by atoms with E-state index in [-0.39, 0.29) is 87.5 Å². The lowest BCUT2D eigenvalue weighted by Crippen LogP contribution is -2.46. The molecule has 30 heteroatoms. The van der Waals surface area contributed by atoms with Gasteiger partial charge in [0.1, 0.15) is 53.6 Å². The lowest BCUT2D eigenvalue weighted by Gasteiger charge is -2.22. The fourth-order valence-corrected chi connectivity index (χ4v) is 13.2. The molecule has 2 saturated heterocycles. The molecule has 6 heterocycles. The number of aromatic nitrogens is 3. The second-order valence-corrected chi connectivity index (χ2v) is 24.8. The molecule has 88 heavy (non-hydrogen) atoms. The van der Waals surface area contributed by atoms with E-state index < -0.39 is 105 Å². The Morgan fingerprint density at radius 1 is 0.932 bits per heavy atom. The fourth-order valence-electron chi connectivity index (χ4n) is 10.1. The molecule has 9 rings (SSSR count). The first kappa shape index (κ1) is 63.4. The number of aliphatic carboxylic acids is 1. The summed E-state index contributed by atoms with van der Waals surface area (Å²) in [7, 11) is -0.975. The van der Waals surface area contributed by atoms with Crippen molar-refractivity contribution in [2.45, 2.75) is 87.3 Å². The quantitative estimate of drug-likeness (QED) is 0.0183. The average molecular weight is 1270 g/mol. The fraction of sp³-hybridized carbons (Fsp3) is 0.328. The Labute approximate surface area is 507 Å². The molecule has 3 aliphatic heterocycles. The predicted molar refractivity (Wildman–Crippen MR) is 310 cm³/mol. The number of sulfonamides is 1. The van der Waals surface area contributed by atoms with Gasteiger partial charge >= 0.3 is 12.1 Å². The monoisotopic (exact) mass is 1270 g/mol. The van der Waals surface area contributed by atoms with E-state index in [0.717, 1.165) is 39.0 Å². The van der Waals surface area contributed by atoms with Crippen LogP contribution in [-0.2, 0) is 74.5 Å². The number of carboxylic acid groups (broad SMARTS) is 1. The number of methoxy groups -OCH3 is 1. The second kappa shape index (κ2) is 27.7. The van der Waals surface area contributed by atoms with E-state index in [1.807, 2.05) is 6.07 Å². The van der Waals surface area contributed by atoms with Gasteiger partial charge in [-0.15, -0.1) is 0 Å². The number of hydrogen-bond donors (Lipinski definition) is 5. The Balaban J connectivity index is 0.675. The average Bonchev–Trinajstić information content (AvgIpc) is 1.33.